The van der Waals surface area contributed by atoms with Crippen LogP contribution in [-0.4, -0.2) is 0 Å². The molecule has 0 atom stereocenters. The summed E-state index contributed by atoms with van der Waals surface area (Å²) in [5.74, 6) is 0. The van der Waals surface area contributed by atoms with Crippen molar-refractivity contribution in [2.24, 2.45) is 0 Å². The standard InChI is InChI=1S/C12H6I2/c1-3-7-11-8(4-1)14-10-6-2-5-9(13-7)12(10)11/h1-6H/q-2. The Kier molecular flexibility index (Phi) is 1.58. The Labute approximate surface area is 103 Å². The average Bonchev–Trinajstić information content (AvgIpc) is 2.74. The maximum atomic E-state index is 2.34. The molecule has 0 aliphatic carbocycles. The molecule has 0 nitrogen and oxygen atoms in total. The van der Waals surface area contributed by atoms with Gasteiger partial charge in [-0.2, -0.15) is 0 Å². The third-order valence-corrected chi connectivity index (χ3v) is 8.50. The second-order valence-electron chi connectivity index (χ2n) is 3.38. The van der Waals surface area contributed by atoms with Gasteiger partial charge in [0.2, 0.25) is 0 Å². The van der Waals surface area contributed by atoms with Crippen LogP contribution >= 0.6 is 0 Å². The van der Waals surface area contributed by atoms with Gasteiger partial charge in [0.1, 0.15) is 0 Å². The summed E-state index contributed by atoms with van der Waals surface area (Å²) in [6, 6.07) is 13.9. The molecular weight excluding hydrogens is 398 g/mol. The van der Waals surface area contributed by atoms with Crippen molar-refractivity contribution in [3.63, 3.8) is 0 Å². The zero-order chi connectivity index (χ0) is 9.12. The fraction of sp³-hybridized carbons (Fsp3) is 0. The SMILES string of the molecule is c1cc2c3c(c1)[I-]c1cccc(c1-3)[I-]2. The van der Waals surface area contributed by atoms with Crippen molar-refractivity contribution in [1.82, 2.24) is 0 Å². The molecule has 0 spiro atoms. The first-order valence-corrected chi connectivity index (χ1v) is 8.81. The summed E-state index contributed by atoms with van der Waals surface area (Å²) in [7, 11) is 0. The predicted molar refractivity (Wildman–Crippen MR) is 46.7 cm³/mol. The Balaban J connectivity index is 2.22. The number of halogens is 2. The molecule has 0 bridgehead atoms. The fourth-order valence-electron chi connectivity index (χ4n) is 2.01. The molecule has 2 heterocycles. The monoisotopic (exact) mass is 404 g/mol. The zero-order valence-electron chi connectivity index (χ0n) is 7.22. The summed E-state index contributed by atoms with van der Waals surface area (Å²) in [6.45, 7) is 0. The number of hydrogen-bond donors (Lipinski definition) is 0. The van der Waals surface area contributed by atoms with Crippen molar-refractivity contribution in [1.29, 1.82) is 0 Å². The first kappa shape index (κ1) is 8.10. The van der Waals surface area contributed by atoms with E-state index < -0.39 is 0 Å². The summed E-state index contributed by atoms with van der Waals surface area (Å²) in [5.41, 5.74) is 3.30. The van der Waals surface area contributed by atoms with E-state index in [0.717, 1.165) is 0 Å². The van der Waals surface area contributed by atoms with E-state index in [1.807, 2.05) is 0 Å². The molecule has 70 valence electrons. The van der Waals surface area contributed by atoms with Crippen LogP contribution in [0.2, 0.25) is 0 Å². The van der Waals surface area contributed by atoms with Crippen LogP contribution in [0, 0.1) is 14.3 Å². The predicted octanol–water partition coefficient (Wildman–Crippen LogP) is -3.76. The number of benzene rings is 2. The van der Waals surface area contributed by atoms with Gasteiger partial charge in [-0.15, -0.1) is 0 Å². The third kappa shape index (κ3) is 0.888. The number of rotatable bonds is 0. The molecule has 2 heteroatoms. The molecule has 0 unspecified atom stereocenters. The Morgan fingerprint density at radius 2 is 0.929 bits per heavy atom. The van der Waals surface area contributed by atoms with Crippen LogP contribution in [-0.2, 0) is 0 Å². The molecule has 2 aromatic carbocycles. The minimum atomic E-state index is 0.144. The Morgan fingerprint density at radius 3 is 1.29 bits per heavy atom. The molecule has 4 rings (SSSR count). The van der Waals surface area contributed by atoms with Crippen molar-refractivity contribution in [3.05, 3.63) is 50.7 Å². The summed E-state index contributed by atoms with van der Waals surface area (Å²) in [6.07, 6.45) is 0. The van der Waals surface area contributed by atoms with Gasteiger partial charge in [-0.25, -0.2) is 0 Å². The van der Waals surface area contributed by atoms with Crippen LogP contribution in [0.1, 0.15) is 0 Å². The van der Waals surface area contributed by atoms with E-state index in [2.05, 4.69) is 36.4 Å². The van der Waals surface area contributed by atoms with Gasteiger partial charge in [-0.3, -0.25) is 0 Å². The van der Waals surface area contributed by atoms with E-state index in [-0.39, 0.29) is 42.4 Å². The van der Waals surface area contributed by atoms with E-state index in [0.29, 0.717) is 0 Å². The second-order valence-corrected chi connectivity index (χ2v) is 9.11. The van der Waals surface area contributed by atoms with E-state index in [1.165, 1.54) is 0 Å². The van der Waals surface area contributed by atoms with Gasteiger partial charge < -0.3 is 0 Å². The first-order chi connectivity index (χ1) is 6.93. The molecule has 0 aromatic heterocycles. The van der Waals surface area contributed by atoms with E-state index in [9.17, 15) is 0 Å². The average molecular weight is 404 g/mol. The van der Waals surface area contributed by atoms with E-state index >= 15 is 0 Å². The van der Waals surface area contributed by atoms with E-state index in [1.54, 1.807) is 25.4 Å². The zero-order valence-corrected chi connectivity index (χ0v) is 11.5. The van der Waals surface area contributed by atoms with Gasteiger partial charge in [-0.05, 0) is 0 Å². The topological polar surface area (TPSA) is 0 Å². The van der Waals surface area contributed by atoms with Crippen LogP contribution < -0.4 is 42.4 Å². The molecule has 0 radical (unpaired) electrons. The first-order valence-electron chi connectivity index (χ1n) is 4.49. The van der Waals surface area contributed by atoms with Crippen molar-refractivity contribution < 1.29 is 42.4 Å². The molecule has 0 amide bonds. The van der Waals surface area contributed by atoms with E-state index in [4.69, 9.17) is 0 Å². The van der Waals surface area contributed by atoms with Crippen molar-refractivity contribution in [2.75, 3.05) is 0 Å². The summed E-state index contributed by atoms with van der Waals surface area (Å²) >= 11 is 0.289. The van der Waals surface area contributed by atoms with Gasteiger partial charge in [0.05, 0.1) is 0 Å². The molecule has 0 fully saturated rings. The van der Waals surface area contributed by atoms with Gasteiger partial charge in [0, 0.05) is 0 Å². The Hall–Kier alpha value is -0.100. The molecule has 2 aliphatic heterocycles. The molecule has 2 aliphatic rings. The quantitative estimate of drug-likeness (QED) is 0.265. The third-order valence-electron chi connectivity index (χ3n) is 2.58. The molecule has 14 heavy (non-hydrogen) atoms. The summed E-state index contributed by atoms with van der Waals surface area (Å²) in [4.78, 5) is 0. The number of hydrogen-bond acceptors (Lipinski definition) is 0. The van der Waals surface area contributed by atoms with Crippen LogP contribution in [0.15, 0.2) is 36.4 Å². The van der Waals surface area contributed by atoms with Crippen molar-refractivity contribution in [2.45, 2.75) is 0 Å². The van der Waals surface area contributed by atoms with Gasteiger partial charge in [0.25, 0.3) is 0 Å². The minimum absolute atomic E-state index is 0.144. The normalized spacial score (nSPS) is 15.7. The van der Waals surface area contributed by atoms with Gasteiger partial charge in [-0.1, -0.05) is 0 Å². The maximum absolute atomic E-state index is 2.34. The fourth-order valence-corrected chi connectivity index (χ4v) is 9.16. The second kappa shape index (κ2) is 2.72. The Bertz CT molecular complexity index is 466. The van der Waals surface area contributed by atoms with Crippen LogP contribution in [0.25, 0.3) is 11.1 Å². The molecule has 0 N–H and O–H groups in total. The van der Waals surface area contributed by atoms with Gasteiger partial charge in [0.15, 0.2) is 0 Å². The summed E-state index contributed by atoms with van der Waals surface area (Å²) < 4.78 is 6.67. The Morgan fingerprint density at radius 1 is 0.571 bits per heavy atom. The summed E-state index contributed by atoms with van der Waals surface area (Å²) in [5, 5.41) is 0. The van der Waals surface area contributed by atoms with Crippen LogP contribution in [0.5, 0.6) is 0 Å². The molecular formula is C12H6I2-2. The van der Waals surface area contributed by atoms with Crippen LogP contribution in [0.3, 0.4) is 0 Å². The molecule has 2 aromatic rings. The molecule has 0 saturated heterocycles. The van der Waals surface area contributed by atoms with Crippen LogP contribution in [0.4, 0.5) is 0 Å². The van der Waals surface area contributed by atoms with Gasteiger partial charge >= 0.3 is 104 Å². The van der Waals surface area contributed by atoms with Crippen molar-refractivity contribution in [3.8, 4) is 11.1 Å². The van der Waals surface area contributed by atoms with Crippen molar-refractivity contribution >= 4 is 0 Å². The molecule has 0 saturated carbocycles.